The third-order valence-electron chi connectivity index (χ3n) is 24.7. The predicted octanol–water partition coefficient (Wildman–Crippen LogP) is 3.26. The van der Waals surface area contributed by atoms with Gasteiger partial charge in [-0.15, -0.1) is 0 Å². The summed E-state index contributed by atoms with van der Waals surface area (Å²) in [6.45, 7) is 18.6. The van der Waals surface area contributed by atoms with Gasteiger partial charge in [-0.2, -0.15) is 0 Å². The molecule has 42 heteroatoms. The van der Waals surface area contributed by atoms with Gasteiger partial charge in [0.15, 0.2) is 11.6 Å². The monoisotopic (exact) mass is 1960 g/mol. The van der Waals surface area contributed by atoms with Crippen LogP contribution in [0.4, 0.5) is 23.0 Å². The van der Waals surface area contributed by atoms with Gasteiger partial charge in [-0.05, 0) is 98.0 Å². The first-order chi connectivity index (χ1) is 68.6. The predicted molar refractivity (Wildman–Crippen MR) is 513 cm³/mol. The lowest BCUT2D eigenvalue weighted by molar-refractivity contribution is -0.139. The van der Waals surface area contributed by atoms with Gasteiger partial charge in [0.2, 0.25) is 23.6 Å². The van der Waals surface area contributed by atoms with Crippen molar-refractivity contribution in [2.75, 3.05) is 238 Å². The second kappa shape index (κ2) is 58.2. The minimum atomic E-state index is -1.02. The molecule has 8 aliphatic rings. The van der Waals surface area contributed by atoms with Gasteiger partial charge in [0.25, 0.3) is 23.6 Å². The summed E-state index contributed by atoms with van der Waals surface area (Å²) in [5.74, 6) is -4.01. The van der Waals surface area contributed by atoms with Crippen LogP contribution in [-0.2, 0) is 102 Å². The lowest BCUT2D eigenvalue weighted by atomic mass is 9.99. The Bertz CT molecular complexity index is 5130. The fraction of sp³-hybridized carbons (Fsp3) is 0.556. The zero-order valence-corrected chi connectivity index (χ0v) is 79.9. The number of aliphatic hydroxyl groups is 2. The maximum Gasteiger partial charge on any atom is 0.305 e. The van der Waals surface area contributed by atoms with Crippen LogP contribution in [-0.4, -0.2) is 389 Å². The Labute approximate surface area is 819 Å². The molecule has 0 aliphatic carbocycles. The molecule has 2 unspecified atom stereocenters. The summed E-state index contributed by atoms with van der Waals surface area (Å²) >= 11 is 0. The number of carbonyl (C=O) groups is 12. The van der Waals surface area contributed by atoms with E-state index in [1.54, 1.807) is 48.5 Å². The number of carboxylic acids is 1. The van der Waals surface area contributed by atoms with Crippen LogP contribution in [0.25, 0.3) is 0 Å². The first-order valence-corrected chi connectivity index (χ1v) is 48.6. The molecule has 42 nitrogen and oxygen atoms in total. The molecule has 6 aromatic rings. The molecule has 141 heavy (non-hydrogen) atoms. The zero-order valence-electron chi connectivity index (χ0n) is 79.9. The number of anilines is 4. The number of amides is 8. The van der Waals surface area contributed by atoms with Crippen LogP contribution in [0.5, 0.6) is 0 Å². The molecule has 0 saturated carbocycles. The maximum absolute atomic E-state index is 13.2. The van der Waals surface area contributed by atoms with E-state index in [0.29, 0.717) is 224 Å². The number of ketones is 3. The number of hydrogen-bond donors (Lipinski definition) is 10. The lowest BCUT2D eigenvalue weighted by Gasteiger charge is -2.39. The number of β-amino-alcohol motifs (C(OH)–C–C–N with tert-alkyl or cyclic N) is 2. The number of nitrogens with one attached hydrogen (secondary N) is 6. The van der Waals surface area contributed by atoms with Crippen molar-refractivity contribution in [2.45, 2.75) is 139 Å². The van der Waals surface area contributed by atoms with Gasteiger partial charge < -0.3 is 89.7 Å². The van der Waals surface area contributed by atoms with Crippen LogP contribution in [0, 0.1) is 0 Å². The van der Waals surface area contributed by atoms with Crippen molar-refractivity contribution in [3.05, 3.63) is 166 Å². The first kappa shape index (κ1) is 108. The Morgan fingerprint density at radius 2 is 0.794 bits per heavy atom. The van der Waals surface area contributed by atoms with Crippen molar-refractivity contribution < 1.29 is 120 Å². The molecule has 2 aromatic heterocycles. The number of piperidine rings is 2. The Morgan fingerprint density at radius 1 is 0.418 bits per heavy atom. The van der Waals surface area contributed by atoms with Crippen molar-refractivity contribution in [3.63, 3.8) is 0 Å². The molecule has 4 fully saturated rings. The van der Waals surface area contributed by atoms with Gasteiger partial charge >= 0.3 is 5.97 Å². The fourth-order valence-corrected chi connectivity index (χ4v) is 17.3. The van der Waals surface area contributed by atoms with Crippen LogP contribution in [0.2, 0.25) is 0 Å². The van der Waals surface area contributed by atoms with Gasteiger partial charge in [0.1, 0.15) is 53.5 Å². The van der Waals surface area contributed by atoms with Crippen LogP contribution < -0.4 is 37.6 Å². The molecule has 8 amide bonds. The van der Waals surface area contributed by atoms with Gasteiger partial charge in [0.05, 0.1) is 185 Å². The molecule has 11 N–H and O–H groups in total. The number of rotatable bonds is 62. The van der Waals surface area contributed by atoms with Gasteiger partial charge in [-0.25, -0.2) is 19.9 Å². The summed E-state index contributed by atoms with van der Waals surface area (Å²) in [7, 11) is 0. The average Bonchev–Trinajstić information content (AvgIpc) is 1.60. The number of aliphatic hydroxyl groups excluding tert-OH is 2. The highest BCUT2D eigenvalue weighted by Gasteiger charge is 2.48. The van der Waals surface area contributed by atoms with E-state index in [4.69, 9.17) is 58.2 Å². The molecule has 764 valence electrons. The second-order valence-corrected chi connectivity index (χ2v) is 35.2. The molecule has 4 atom stereocenters. The first-order valence-electron chi connectivity index (χ1n) is 48.6. The SMILES string of the molecule is NCCN1CC(Nc2cc(C(=O)CC[C@H](O)CN3CCc4ccccc4C3)ncn2)C1.O=C(CCCN1CC(Nc2cc(C(=O)CC[C@H](O)CN3CCc4ccccc4C3)ncn2)C1)CCOCCOCCOCCOCCOCCNc1cccc2c1C(=O)N(C1CCC(=O)NC1=O)C2=O.O=C(O)CCOCCOCCOCCOCCOCCNc1cccc2c1C(=O)N(C1CCC(=O)NC1=O)C2=O. The fourth-order valence-electron chi connectivity index (χ4n) is 17.3. The Hall–Kier alpha value is -11.4. The highest BCUT2D eigenvalue weighted by atomic mass is 16.6. The van der Waals surface area contributed by atoms with E-state index in [1.165, 1.54) is 34.9 Å². The average molecular weight is 1960 g/mol. The molecule has 0 radical (unpaired) electrons. The number of benzene rings is 4. The third-order valence-corrected chi connectivity index (χ3v) is 24.7. The van der Waals surface area contributed by atoms with E-state index >= 15 is 0 Å². The van der Waals surface area contributed by atoms with Crippen LogP contribution >= 0.6 is 0 Å². The van der Waals surface area contributed by atoms with Crippen molar-refractivity contribution in [3.8, 4) is 0 Å². The summed E-state index contributed by atoms with van der Waals surface area (Å²) < 4.78 is 54.6. The molecular weight excluding hydrogens is 1830 g/mol. The summed E-state index contributed by atoms with van der Waals surface area (Å²) in [4.78, 5) is 176. The number of nitrogens with two attached hydrogens (primary N) is 1. The number of aromatic nitrogens is 4. The number of imide groups is 4. The van der Waals surface area contributed by atoms with Crippen molar-refractivity contribution in [1.29, 1.82) is 0 Å². The summed E-state index contributed by atoms with van der Waals surface area (Å²) in [5.41, 5.74) is 13.5. The van der Waals surface area contributed by atoms with Crippen LogP contribution in [0.3, 0.4) is 0 Å². The minimum absolute atomic E-state index is 0.0275. The van der Waals surface area contributed by atoms with Crippen LogP contribution in [0.15, 0.2) is 110 Å². The maximum atomic E-state index is 13.2. The lowest BCUT2D eigenvalue weighted by Crippen LogP contribution is -2.55. The quantitative estimate of drug-likeness (QED) is 0.0149. The number of aliphatic carboxylic acids is 1. The topological polar surface area (TPSA) is 527 Å². The van der Waals surface area contributed by atoms with Gasteiger partial charge in [-0.3, -0.25) is 97.6 Å². The van der Waals surface area contributed by atoms with Crippen molar-refractivity contribution in [2.24, 2.45) is 5.73 Å². The number of hydrogen-bond acceptors (Lipinski definition) is 37. The Kier molecular flexibility index (Phi) is 44.8. The molecule has 14 rings (SSSR count). The third kappa shape index (κ3) is 34.7. The van der Waals surface area contributed by atoms with Crippen LogP contribution in [0.1, 0.15) is 162 Å². The minimum Gasteiger partial charge on any atom is -0.481 e. The molecule has 0 bridgehead atoms. The molecule has 8 aliphatic heterocycles. The van der Waals surface area contributed by atoms with Gasteiger partial charge in [-0.1, -0.05) is 60.7 Å². The largest absolute Gasteiger partial charge is 0.481 e. The summed E-state index contributed by atoms with van der Waals surface area (Å²) in [6.07, 6.45) is 6.92. The summed E-state index contributed by atoms with van der Waals surface area (Å²) in [5, 5.41) is 47.0. The second-order valence-electron chi connectivity index (χ2n) is 35.2. The standard InChI is InChI=1S/C50H66N8O12.C26H35N3O11.C23H32N6O2/c59-38(7-4-17-56-31-37(32-56)54-45-29-42(52-34-53-45)44(61)12-10-39(60)33-57-18-14-35-5-1-2-6-36(35)30-57)15-19-66-21-23-68-25-27-70-28-26-69-24-22-67-20-16-51-41-9-3-8-40-47(41)50(65)58(49(40)64)43-11-13-46(62)55-48(43)63;30-21-5-4-20(24(33)28-21)29-25(34)18-2-1-3-19(23(18)26(29)35)27-7-9-37-11-13-39-15-17-40-16-14-38-12-10-36-8-6-22(31)32;24-8-10-29-13-19(14-29)27-23-11-21(25-16-26-23)22(31)6-5-20(30)15-28-9-7-17-3-1-2-4-18(17)12-28/h1-3,5-6,8-9,29,34,37,39,43,51,60H,4,7,10-28,30-33H2,(H,52,53,54)(H,55,62,63);1-3,20,27H,4-17H2,(H,31,32)(H,28,30,33);1-4,11,16,19-20,30H,5-10,12-15,24H2,(H,25,26,27)/t39-,43?;;20-/m0.0/s1. The number of carboxylic acid groups (broad SMARTS) is 1. The molecule has 0 spiro atoms. The zero-order chi connectivity index (χ0) is 99.5. The van der Waals surface area contributed by atoms with Gasteiger partial charge in [0, 0.05) is 154 Å². The number of ether oxygens (including phenoxy) is 10. The van der Waals surface area contributed by atoms with E-state index in [9.17, 15) is 67.7 Å². The molecule has 4 aromatic carbocycles. The highest BCUT2D eigenvalue weighted by Crippen LogP contribution is 2.35. The van der Waals surface area contributed by atoms with Crippen molar-refractivity contribution in [1.82, 2.24) is 60.0 Å². The number of Topliss-reactive ketones (excluding diaryl/α,β-unsaturated/α-hetero) is 3. The number of nitrogens with zero attached hydrogens (tertiary/aromatic N) is 10. The van der Waals surface area contributed by atoms with E-state index in [1.807, 2.05) is 6.07 Å². The molecule has 10 heterocycles. The van der Waals surface area contributed by atoms with E-state index in [0.717, 1.165) is 94.5 Å². The van der Waals surface area contributed by atoms with E-state index in [-0.39, 0.29) is 97.2 Å². The molecular formula is C99H133N17O25. The Morgan fingerprint density at radius 3 is 1.18 bits per heavy atom. The number of carbonyl (C=O) groups excluding carboxylic acids is 11. The summed E-state index contributed by atoms with van der Waals surface area (Å²) in [6, 6.07) is 28.5. The smallest absolute Gasteiger partial charge is 0.305 e. The van der Waals surface area contributed by atoms with E-state index < -0.39 is 77.5 Å². The normalized spacial score (nSPS) is 17.6. The molecule has 4 saturated heterocycles. The van der Waals surface area contributed by atoms with Crippen molar-refractivity contribution >= 4 is 93.6 Å². The number of fused-ring (bicyclic) bond motifs is 4. The Balaban J connectivity index is 0.000000210. The highest BCUT2D eigenvalue weighted by molar-refractivity contribution is 6.26. The number of likely N-dealkylation sites (tertiary alicyclic amines) is 2. The van der Waals surface area contributed by atoms with E-state index in [2.05, 4.69) is 114 Å².